The molecule has 0 aliphatic heterocycles. The van der Waals surface area contributed by atoms with Crippen molar-refractivity contribution in [1.29, 1.82) is 0 Å². The molecule has 2 N–H and O–H groups in total. The summed E-state index contributed by atoms with van der Waals surface area (Å²) in [5.41, 5.74) is 0.369. The first-order valence-electron chi connectivity index (χ1n) is 5.47. The molecule has 6 heteroatoms. The van der Waals surface area contributed by atoms with Gasteiger partial charge in [-0.2, -0.15) is 0 Å². The van der Waals surface area contributed by atoms with Crippen LogP contribution in [-0.4, -0.2) is 30.1 Å². The number of ether oxygens (including phenoxy) is 1. The molecule has 1 amide bonds. The van der Waals surface area contributed by atoms with Gasteiger partial charge in [-0.1, -0.05) is 11.6 Å². The third-order valence-corrected chi connectivity index (χ3v) is 2.41. The number of halogens is 1. The molecule has 0 unspecified atom stereocenters. The number of hydrogen-bond donors (Lipinski definition) is 2. The Morgan fingerprint density at radius 1 is 1.44 bits per heavy atom. The maximum Gasteiger partial charge on any atom is 0.305 e. The summed E-state index contributed by atoms with van der Waals surface area (Å²) in [7, 11) is 0. The molecule has 0 heterocycles. The van der Waals surface area contributed by atoms with Crippen molar-refractivity contribution in [2.45, 2.75) is 13.3 Å². The van der Waals surface area contributed by atoms with Crippen LogP contribution in [-0.2, 0) is 4.79 Å². The second-order valence-corrected chi connectivity index (χ2v) is 3.89. The summed E-state index contributed by atoms with van der Waals surface area (Å²) in [4.78, 5) is 21.9. The summed E-state index contributed by atoms with van der Waals surface area (Å²) in [5.74, 6) is -0.803. The Labute approximate surface area is 110 Å². The molecule has 0 aliphatic rings. The number of hydrogen-bond acceptors (Lipinski definition) is 3. The SMILES string of the molecule is CCOc1ccc(C(=O)NCCC(=O)O)cc1Cl. The normalized spacial score (nSPS) is 9.89. The van der Waals surface area contributed by atoms with Gasteiger partial charge < -0.3 is 15.2 Å². The number of carboxylic acids is 1. The Kier molecular flexibility index (Phi) is 5.45. The zero-order valence-electron chi connectivity index (χ0n) is 9.90. The number of nitrogens with one attached hydrogen (secondary N) is 1. The molecular formula is C12H14ClNO4. The van der Waals surface area contributed by atoms with Crippen molar-refractivity contribution in [3.8, 4) is 5.75 Å². The van der Waals surface area contributed by atoms with E-state index < -0.39 is 5.97 Å². The van der Waals surface area contributed by atoms with Crippen molar-refractivity contribution in [3.05, 3.63) is 28.8 Å². The molecule has 1 aromatic rings. The van der Waals surface area contributed by atoms with Crippen molar-refractivity contribution in [2.24, 2.45) is 0 Å². The highest BCUT2D eigenvalue weighted by Gasteiger charge is 2.09. The molecule has 0 aliphatic carbocycles. The van der Waals surface area contributed by atoms with E-state index in [0.29, 0.717) is 22.9 Å². The molecular weight excluding hydrogens is 258 g/mol. The first-order chi connectivity index (χ1) is 8.54. The Bertz CT molecular complexity index is 448. The summed E-state index contributed by atoms with van der Waals surface area (Å²) in [5, 5.41) is 11.3. The van der Waals surface area contributed by atoms with Crippen LogP contribution in [0.25, 0.3) is 0 Å². The third kappa shape index (κ3) is 4.25. The molecule has 98 valence electrons. The van der Waals surface area contributed by atoms with E-state index in [2.05, 4.69) is 5.32 Å². The highest BCUT2D eigenvalue weighted by atomic mass is 35.5. The van der Waals surface area contributed by atoms with Crippen LogP contribution < -0.4 is 10.1 Å². The molecule has 0 spiro atoms. The summed E-state index contributed by atoms with van der Waals surface area (Å²) in [6.45, 7) is 2.41. The van der Waals surface area contributed by atoms with E-state index in [0.717, 1.165) is 0 Å². The molecule has 1 rings (SSSR count). The molecule has 0 bridgehead atoms. The number of carbonyl (C=O) groups excluding carboxylic acids is 1. The van der Waals surface area contributed by atoms with Crippen molar-refractivity contribution < 1.29 is 19.4 Å². The number of carbonyl (C=O) groups is 2. The first-order valence-corrected chi connectivity index (χ1v) is 5.84. The molecule has 0 atom stereocenters. The van der Waals surface area contributed by atoms with E-state index >= 15 is 0 Å². The number of carboxylic acid groups (broad SMARTS) is 1. The number of benzene rings is 1. The summed E-state index contributed by atoms with van der Waals surface area (Å²) in [6.07, 6.45) is -0.115. The van der Waals surface area contributed by atoms with Crippen LogP contribution in [0.3, 0.4) is 0 Å². The van der Waals surface area contributed by atoms with Crippen LogP contribution in [0.15, 0.2) is 18.2 Å². The lowest BCUT2D eigenvalue weighted by molar-refractivity contribution is -0.136. The molecule has 18 heavy (non-hydrogen) atoms. The van der Waals surface area contributed by atoms with Crippen LogP contribution in [0.1, 0.15) is 23.7 Å². The fourth-order valence-corrected chi connectivity index (χ4v) is 1.53. The maximum atomic E-state index is 11.6. The number of aliphatic carboxylic acids is 1. The highest BCUT2D eigenvalue weighted by molar-refractivity contribution is 6.32. The van der Waals surface area contributed by atoms with E-state index in [9.17, 15) is 9.59 Å². The Morgan fingerprint density at radius 3 is 2.72 bits per heavy atom. The lowest BCUT2D eigenvalue weighted by Gasteiger charge is -2.08. The fourth-order valence-electron chi connectivity index (χ4n) is 1.30. The van der Waals surface area contributed by atoms with E-state index in [1.165, 1.54) is 6.07 Å². The van der Waals surface area contributed by atoms with Crippen LogP contribution in [0, 0.1) is 0 Å². The van der Waals surface area contributed by atoms with E-state index in [-0.39, 0.29) is 18.9 Å². The number of amides is 1. The van der Waals surface area contributed by atoms with E-state index in [4.69, 9.17) is 21.4 Å². The van der Waals surface area contributed by atoms with Gasteiger partial charge in [-0.05, 0) is 25.1 Å². The maximum absolute atomic E-state index is 11.6. The summed E-state index contributed by atoms with van der Waals surface area (Å²) < 4.78 is 5.24. The van der Waals surface area contributed by atoms with Gasteiger partial charge in [-0.15, -0.1) is 0 Å². The molecule has 1 aromatic carbocycles. The van der Waals surface area contributed by atoms with Crippen LogP contribution in [0.5, 0.6) is 5.75 Å². The van der Waals surface area contributed by atoms with Gasteiger partial charge in [-0.25, -0.2) is 0 Å². The Balaban J connectivity index is 2.63. The smallest absolute Gasteiger partial charge is 0.305 e. The largest absolute Gasteiger partial charge is 0.492 e. The molecule has 0 radical (unpaired) electrons. The predicted octanol–water partition coefficient (Wildman–Crippen LogP) is 1.94. The zero-order chi connectivity index (χ0) is 13.5. The highest BCUT2D eigenvalue weighted by Crippen LogP contribution is 2.25. The van der Waals surface area contributed by atoms with Gasteiger partial charge in [0.05, 0.1) is 18.1 Å². The van der Waals surface area contributed by atoms with Gasteiger partial charge in [0.25, 0.3) is 5.91 Å². The van der Waals surface area contributed by atoms with Gasteiger partial charge in [0.1, 0.15) is 5.75 Å². The molecule has 0 saturated carbocycles. The minimum Gasteiger partial charge on any atom is -0.492 e. The zero-order valence-corrected chi connectivity index (χ0v) is 10.7. The minimum atomic E-state index is -0.958. The van der Waals surface area contributed by atoms with Crippen molar-refractivity contribution in [1.82, 2.24) is 5.32 Å². The van der Waals surface area contributed by atoms with Crippen LogP contribution in [0.2, 0.25) is 5.02 Å². The molecule has 0 fully saturated rings. The van der Waals surface area contributed by atoms with E-state index in [1.54, 1.807) is 12.1 Å². The van der Waals surface area contributed by atoms with Gasteiger partial charge in [0.2, 0.25) is 0 Å². The molecule has 0 saturated heterocycles. The van der Waals surface area contributed by atoms with Gasteiger partial charge in [0, 0.05) is 12.1 Å². The lowest BCUT2D eigenvalue weighted by Crippen LogP contribution is -2.25. The van der Waals surface area contributed by atoms with Crippen LogP contribution in [0.4, 0.5) is 0 Å². The standard InChI is InChI=1S/C12H14ClNO4/c1-2-18-10-4-3-8(7-9(10)13)12(17)14-6-5-11(15)16/h3-4,7H,2,5-6H2,1H3,(H,14,17)(H,15,16). The minimum absolute atomic E-state index is 0.0823. The predicted molar refractivity (Wildman–Crippen MR) is 67.2 cm³/mol. The lowest BCUT2D eigenvalue weighted by atomic mass is 10.2. The first kappa shape index (κ1) is 14.3. The van der Waals surface area contributed by atoms with Gasteiger partial charge in [0.15, 0.2) is 0 Å². The topological polar surface area (TPSA) is 75.6 Å². The molecule has 5 nitrogen and oxygen atoms in total. The van der Waals surface area contributed by atoms with Crippen LogP contribution >= 0.6 is 11.6 Å². The van der Waals surface area contributed by atoms with Gasteiger partial charge >= 0.3 is 5.97 Å². The average Bonchev–Trinajstić information content (AvgIpc) is 2.31. The Morgan fingerprint density at radius 2 is 2.17 bits per heavy atom. The van der Waals surface area contributed by atoms with Crippen molar-refractivity contribution in [3.63, 3.8) is 0 Å². The third-order valence-electron chi connectivity index (χ3n) is 2.12. The Hall–Kier alpha value is -1.75. The van der Waals surface area contributed by atoms with E-state index in [1.807, 2.05) is 6.92 Å². The summed E-state index contributed by atoms with van der Waals surface area (Å²) in [6, 6.07) is 4.67. The fraction of sp³-hybridized carbons (Fsp3) is 0.333. The molecule has 0 aromatic heterocycles. The number of rotatable bonds is 6. The second kappa shape index (κ2) is 6.86. The monoisotopic (exact) mass is 271 g/mol. The average molecular weight is 272 g/mol. The summed E-state index contributed by atoms with van der Waals surface area (Å²) >= 11 is 5.94. The second-order valence-electron chi connectivity index (χ2n) is 3.48. The van der Waals surface area contributed by atoms with Crippen molar-refractivity contribution in [2.75, 3.05) is 13.2 Å². The quantitative estimate of drug-likeness (QED) is 0.829. The van der Waals surface area contributed by atoms with Gasteiger partial charge in [-0.3, -0.25) is 9.59 Å². The van der Waals surface area contributed by atoms with Crippen molar-refractivity contribution >= 4 is 23.5 Å².